The highest BCUT2D eigenvalue weighted by Crippen LogP contribution is 2.47. The number of carbonyl (C=O) groups excluding carboxylic acids is 2. The number of rotatable bonds is 5. The second kappa shape index (κ2) is 7.30. The Balaban J connectivity index is 1.20. The van der Waals surface area contributed by atoms with Crippen LogP contribution in [0.15, 0.2) is 36.4 Å². The lowest BCUT2D eigenvalue weighted by Crippen LogP contribution is -2.28. The molecular formula is C22H24N4O2S. The molecule has 7 heteroatoms. The van der Waals surface area contributed by atoms with Crippen LogP contribution >= 0.6 is 11.3 Å². The Morgan fingerprint density at radius 3 is 2.79 bits per heavy atom. The van der Waals surface area contributed by atoms with Crippen molar-refractivity contribution in [2.45, 2.75) is 38.1 Å². The van der Waals surface area contributed by atoms with Crippen molar-refractivity contribution in [1.29, 1.82) is 0 Å². The van der Waals surface area contributed by atoms with Crippen LogP contribution in [0.3, 0.4) is 0 Å². The minimum Gasteiger partial charge on any atom is -0.349 e. The van der Waals surface area contributed by atoms with E-state index in [-0.39, 0.29) is 29.7 Å². The second-order valence-electron chi connectivity index (χ2n) is 8.02. The molecule has 1 aliphatic carbocycles. The van der Waals surface area contributed by atoms with Crippen molar-refractivity contribution in [3.63, 3.8) is 0 Å². The number of benzene rings is 1. The number of hydrogen-bond acceptors (Lipinski definition) is 4. The Labute approximate surface area is 173 Å². The Hall–Kier alpha value is -2.67. The third-order valence-corrected chi connectivity index (χ3v) is 7.16. The maximum Gasteiger partial charge on any atom is 0.263 e. The van der Waals surface area contributed by atoms with Gasteiger partial charge in [0.05, 0.1) is 22.0 Å². The van der Waals surface area contributed by atoms with E-state index in [0.29, 0.717) is 0 Å². The third kappa shape index (κ3) is 3.55. The van der Waals surface area contributed by atoms with Gasteiger partial charge in [0.15, 0.2) is 0 Å². The number of thiophene rings is 1. The summed E-state index contributed by atoms with van der Waals surface area (Å²) in [7, 11) is 0. The van der Waals surface area contributed by atoms with Crippen LogP contribution in [0.2, 0.25) is 0 Å². The number of fused-ring (bicyclic) bond motifs is 1. The Bertz CT molecular complexity index is 1030. The molecule has 3 atom stereocenters. The molecule has 3 aromatic rings. The summed E-state index contributed by atoms with van der Waals surface area (Å²) in [5.74, 6) is 1.19. The first-order chi connectivity index (χ1) is 14.1. The van der Waals surface area contributed by atoms with Crippen molar-refractivity contribution in [2.75, 3.05) is 13.1 Å². The lowest BCUT2D eigenvalue weighted by molar-refractivity contribution is -0.123. The first kappa shape index (κ1) is 18.4. The first-order valence-corrected chi connectivity index (χ1v) is 11.1. The molecule has 2 aliphatic rings. The van der Waals surface area contributed by atoms with E-state index in [2.05, 4.69) is 15.3 Å². The highest BCUT2D eigenvalue weighted by atomic mass is 32.1. The van der Waals surface area contributed by atoms with Crippen LogP contribution in [0.4, 0.5) is 0 Å². The summed E-state index contributed by atoms with van der Waals surface area (Å²) in [5, 5.41) is 3.12. The molecule has 29 heavy (non-hydrogen) atoms. The van der Waals surface area contributed by atoms with Crippen LogP contribution in [0.25, 0.3) is 11.0 Å². The SMILES string of the molecule is C[C@@H](NC(=O)C1CC1c1nc2ccccc2[nH]1)c1ccc(C(=O)N2CCCC2)s1. The van der Waals surface area contributed by atoms with Crippen molar-refractivity contribution < 1.29 is 9.59 Å². The monoisotopic (exact) mass is 408 g/mol. The second-order valence-corrected chi connectivity index (χ2v) is 9.13. The van der Waals surface area contributed by atoms with Gasteiger partial charge in [-0.3, -0.25) is 9.59 Å². The number of aromatic nitrogens is 2. The van der Waals surface area contributed by atoms with Gasteiger partial charge in [-0.1, -0.05) is 12.1 Å². The topological polar surface area (TPSA) is 78.1 Å². The maximum atomic E-state index is 12.7. The van der Waals surface area contributed by atoms with Crippen molar-refractivity contribution in [3.05, 3.63) is 52.0 Å². The van der Waals surface area contributed by atoms with E-state index in [1.54, 1.807) is 0 Å². The molecule has 2 N–H and O–H groups in total. The van der Waals surface area contributed by atoms with E-state index in [1.807, 2.05) is 48.2 Å². The quantitative estimate of drug-likeness (QED) is 0.673. The minimum absolute atomic E-state index is 0.0383. The minimum atomic E-state index is -0.107. The number of hydrogen-bond donors (Lipinski definition) is 2. The Kier molecular flexibility index (Phi) is 4.62. The molecule has 6 nitrogen and oxygen atoms in total. The number of aromatic amines is 1. The molecule has 1 aliphatic heterocycles. The fraction of sp³-hybridized carbons (Fsp3) is 0.409. The zero-order valence-corrected chi connectivity index (χ0v) is 17.2. The average molecular weight is 409 g/mol. The molecule has 1 aromatic carbocycles. The number of likely N-dealkylation sites (tertiary alicyclic amines) is 1. The number of nitrogens with zero attached hydrogens (tertiary/aromatic N) is 2. The van der Waals surface area contributed by atoms with Gasteiger partial charge in [0.25, 0.3) is 5.91 Å². The summed E-state index contributed by atoms with van der Waals surface area (Å²) in [6.45, 7) is 3.68. The molecule has 0 bridgehead atoms. The van der Waals surface area contributed by atoms with Crippen molar-refractivity contribution in [1.82, 2.24) is 20.2 Å². The van der Waals surface area contributed by atoms with Gasteiger partial charge in [-0.05, 0) is 50.5 Å². The molecule has 1 saturated heterocycles. The van der Waals surface area contributed by atoms with E-state index < -0.39 is 0 Å². The number of amides is 2. The standard InChI is InChI=1S/C22H24N4O2S/c1-13(18-8-9-19(29-18)22(28)26-10-4-5-11-26)23-21(27)15-12-14(15)20-24-16-6-2-3-7-17(16)25-20/h2-3,6-9,13-15H,4-5,10-12H2,1H3,(H,23,27)(H,24,25)/t13-,14?,15?/m1/s1. The van der Waals surface area contributed by atoms with Crippen molar-refractivity contribution in [2.24, 2.45) is 5.92 Å². The first-order valence-electron chi connectivity index (χ1n) is 10.2. The van der Waals surface area contributed by atoms with E-state index in [1.165, 1.54) is 11.3 Å². The number of imidazole rings is 1. The predicted molar refractivity (Wildman–Crippen MR) is 113 cm³/mol. The zero-order chi connectivity index (χ0) is 20.0. The van der Waals surface area contributed by atoms with Crippen LogP contribution in [-0.4, -0.2) is 39.8 Å². The van der Waals surface area contributed by atoms with Gasteiger partial charge >= 0.3 is 0 Å². The lowest BCUT2D eigenvalue weighted by Gasteiger charge is -2.14. The van der Waals surface area contributed by atoms with Crippen molar-refractivity contribution >= 4 is 34.2 Å². The summed E-state index contributed by atoms with van der Waals surface area (Å²) >= 11 is 1.49. The number of nitrogens with one attached hydrogen (secondary N) is 2. The van der Waals surface area contributed by atoms with E-state index >= 15 is 0 Å². The number of carbonyl (C=O) groups is 2. The highest BCUT2D eigenvalue weighted by Gasteiger charge is 2.46. The van der Waals surface area contributed by atoms with Gasteiger partial charge in [0, 0.05) is 29.8 Å². The van der Waals surface area contributed by atoms with Crippen LogP contribution in [0, 0.1) is 5.92 Å². The fourth-order valence-corrected chi connectivity index (χ4v) is 5.08. The summed E-state index contributed by atoms with van der Waals surface area (Å²) < 4.78 is 0. The van der Waals surface area contributed by atoms with Crippen LogP contribution in [0.5, 0.6) is 0 Å². The lowest BCUT2D eigenvalue weighted by atomic mass is 10.2. The molecule has 1 saturated carbocycles. The van der Waals surface area contributed by atoms with Crippen LogP contribution < -0.4 is 5.32 Å². The Morgan fingerprint density at radius 2 is 2.00 bits per heavy atom. The fourth-order valence-electron chi connectivity index (χ4n) is 4.10. The summed E-state index contributed by atoms with van der Waals surface area (Å²) in [4.78, 5) is 36.9. The predicted octanol–water partition coefficient (Wildman–Crippen LogP) is 3.84. The Morgan fingerprint density at radius 1 is 1.21 bits per heavy atom. The molecule has 2 fully saturated rings. The van der Waals surface area contributed by atoms with Gasteiger partial charge in [0.2, 0.25) is 5.91 Å². The highest BCUT2D eigenvalue weighted by molar-refractivity contribution is 7.14. The van der Waals surface area contributed by atoms with Crippen LogP contribution in [0.1, 0.15) is 58.5 Å². The van der Waals surface area contributed by atoms with Crippen LogP contribution in [-0.2, 0) is 4.79 Å². The van der Waals surface area contributed by atoms with Crippen molar-refractivity contribution in [3.8, 4) is 0 Å². The molecule has 2 aromatic heterocycles. The zero-order valence-electron chi connectivity index (χ0n) is 16.4. The molecule has 2 unspecified atom stereocenters. The van der Waals surface area contributed by atoms with Gasteiger partial charge in [-0.25, -0.2) is 4.98 Å². The summed E-state index contributed by atoms with van der Waals surface area (Å²) in [5.41, 5.74) is 1.95. The molecule has 5 rings (SSSR count). The van der Waals surface area contributed by atoms with Gasteiger partial charge in [-0.2, -0.15) is 0 Å². The largest absolute Gasteiger partial charge is 0.349 e. The molecule has 3 heterocycles. The molecular weight excluding hydrogens is 384 g/mol. The molecule has 0 radical (unpaired) electrons. The molecule has 2 amide bonds. The van der Waals surface area contributed by atoms with E-state index in [4.69, 9.17) is 0 Å². The summed E-state index contributed by atoms with van der Waals surface area (Å²) in [6, 6.07) is 11.7. The van der Waals surface area contributed by atoms with Gasteiger partial charge in [0.1, 0.15) is 5.82 Å². The average Bonchev–Trinajstić information content (AvgIpc) is 3.16. The number of H-pyrrole nitrogens is 1. The van der Waals surface area contributed by atoms with E-state index in [0.717, 1.165) is 59.0 Å². The molecule has 0 spiro atoms. The van der Waals surface area contributed by atoms with Gasteiger partial charge in [-0.15, -0.1) is 11.3 Å². The van der Waals surface area contributed by atoms with Gasteiger partial charge < -0.3 is 15.2 Å². The normalized spacial score (nSPS) is 22.0. The smallest absolute Gasteiger partial charge is 0.263 e. The molecule has 150 valence electrons. The summed E-state index contributed by atoms with van der Waals surface area (Å²) in [6.07, 6.45) is 3.00. The van der Waals surface area contributed by atoms with E-state index in [9.17, 15) is 9.59 Å². The third-order valence-electron chi connectivity index (χ3n) is 5.90. The number of para-hydroxylation sites is 2. The maximum absolute atomic E-state index is 12.7.